The van der Waals surface area contributed by atoms with Crippen molar-refractivity contribution in [2.45, 2.75) is 77.7 Å². The molecule has 0 saturated carbocycles. The molecule has 2 aromatic heterocycles. The lowest BCUT2D eigenvalue weighted by molar-refractivity contribution is -0.0365. The van der Waals surface area contributed by atoms with Gasteiger partial charge in [-0.1, -0.05) is 27.7 Å². The van der Waals surface area contributed by atoms with Gasteiger partial charge in [0.1, 0.15) is 11.4 Å². The molecular weight excluding hydrogens is 576 g/mol. The van der Waals surface area contributed by atoms with Crippen molar-refractivity contribution >= 4 is 29.3 Å². The van der Waals surface area contributed by atoms with Gasteiger partial charge in [0.2, 0.25) is 8.32 Å². The smallest absolute Gasteiger partial charge is 0.316 e. The van der Waals surface area contributed by atoms with Gasteiger partial charge in [0, 0.05) is 31.2 Å². The van der Waals surface area contributed by atoms with Crippen molar-refractivity contribution in [1.82, 2.24) is 19.7 Å². The highest BCUT2D eigenvalue weighted by molar-refractivity contribution is 7.85. The average molecular weight is 621 g/mol. The number of ether oxygens (including phenoxy) is 3. The van der Waals surface area contributed by atoms with E-state index in [2.05, 4.69) is 56.0 Å². The lowest BCUT2D eigenvalue weighted by atomic mass is 10.1. The predicted octanol–water partition coefficient (Wildman–Crippen LogP) is 5.89. The first-order valence-corrected chi connectivity index (χ1v) is 19.1. The third kappa shape index (κ3) is 8.50. The van der Waals surface area contributed by atoms with Gasteiger partial charge in [-0.25, -0.2) is 9.67 Å². The van der Waals surface area contributed by atoms with Gasteiger partial charge in [0.15, 0.2) is 6.23 Å². The second-order valence-electron chi connectivity index (χ2n) is 12.5. The van der Waals surface area contributed by atoms with E-state index < -0.39 is 18.4 Å². The molecule has 1 N–H and O–H groups in total. The maximum absolute atomic E-state index is 11.0. The highest BCUT2D eigenvalue weighted by Crippen LogP contribution is 2.39. The normalized spacial score (nSPS) is 17.4. The van der Waals surface area contributed by atoms with Crippen LogP contribution in [0.4, 0.5) is 0 Å². The second kappa shape index (κ2) is 13.4. The van der Waals surface area contributed by atoms with E-state index in [0.717, 1.165) is 35.9 Å². The highest BCUT2D eigenvalue weighted by Gasteiger charge is 2.39. The van der Waals surface area contributed by atoms with Gasteiger partial charge in [0.05, 0.1) is 30.2 Å². The molecule has 1 aliphatic rings. The molecule has 1 saturated heterocycles. The summed E-state index contributed by atoms with van der Waals surface area (Å²) in [6, 6.07) is 8.19. The highest BCUT2D eigenvalue weighted by atomic mass is 32.2. The Kier molecular flexibility index (Phi) is 10.3. The molecule has 232 valence electrons. The Morgan fingerprint density at radius 1 is 1.19 bits per heavy atom. The van der Waals surface area contributed by atoms with Crippen molar-refractivity contribution in [3.05, 3.63) is 30.5 Å². The topological polar surface area (TPSA) is 135 Å². The minimum Gasteiger partial charge on any atom is -0.543 e. The van der Waals surface area contributed by atoms with Crippen LogP contribution in [0.25, 0.3) is 22.3 Å². The third-order valence-corrected chi connectivity index (χ3v) is 13.1. The molecule has 0 amide bonds. The van der Waals surface area contributed by atoms with Crippen molar-refractivity contribution in [3.8, 4) is 23.1 Å². The summed E-state index contributed by atoms with van der Waals surface area (Å²) in [4.78, 5) is 8.94. The van der Waals surface area contributed by atoms with Gasteiger partial charge in [0.25, 0.3) is 10.1 Å². The Bertz CT molecular complexity index is 1450. The fraction of sp³-hybridized carbons (Fsp3) is 0.621. The van der Waals surface area contributed by atoms with Gasteiger partial charge in [-0.15, -0.1) is 0 Å². The zero-order valence-electron chi connectivity index (χ0n) is 25.5. The quantitative estimate of drug-likeness (QED) is 0.140. The molecule has 0 bridgehead atoms. The van der Waals surface area contributed by atoms with Crippen molar-refractivity contribution in [3.63, 3.8) is 0 Å². The maximum Gasteiger partial charge on any atom is 0.316 e. The van der Waals surface area contributed by atoms with Crippen LogP contribution in [0.15, 0.2) is 30.5 Å². The lowest BCUT2D eigenvalue weighted by Crippen LogP contribution is -2.43. The van der Waals surface area contributed by atoms with Crippen molar-refractivity contribution in [2.24, 2.45) is 5.92 Å². The molecule has 0 spiro atoms. The second-order valence-corrected chi connectivity index (χ2v) is 18.7. The summed E-state index contributed by atoms with van der Waals surface area (Å²) in [5.74, 6) is 0.184. The summed E-state index contributed by atoms with van der Waals surface area (Å²) in [7, 11) is -6.06. The molecule has 3 aromatic rings. The fourth-order valence-electron chi connectivity index (χ4n) is 4.52. The largest absolute Gasteiger partial charge is 0.543 e. The molecule has 13 heteroatoms. The minimum atomic E-state index is -4.01. The Labute approximate surface area is 249 Å². The fourth-order valence-corrected chi connectivity index (χ4v) is 6.35. The predicted molar refractivity (Wildman–Crippen MR) is 164 cm³/mol. The van der Waals surface area contributed by atoms with Crippen LogP contribution < -0.4 is 9.16 Å². The van der Waals surface area contributed by atoms with E-state index in [9.17, 15) is 8.42 Å². The van der Waals surface area contributed by atoms with E-state index in [1.807, 2.05) is 16.8 Å². The van der Waals surface area contributed by atoms with Gasteiger partial charge in [-0.3, -0.25) is 4.55 Å². The van der Waals surface area contributed by atoms with Crippen molar-refractivity contribution < 1.29 is 31.6 Å². The molecule has 42 heavy (non-hydrogen) atoms. The van der Waals surface area contributed by atoms with E-state index in [1.54, 1.807) is 13.1 Å². The van der Waals surface area contributed by atoms with Gasteiger partial charge in [-0.2, -0.15) is 18.5 Å². The average Bonchev–Trinajstić information content (AvgIpc) is 3.28. The molecule has 1 aliphatic heterocycles. The van der Waals surface area contributed by atoms with Crippen LogP contribution in [-0.4, -0.2) is 73.2 Å². The zero-order valence-corrected chi connectivity index (χ0v) is 27.3. The van der Waals surface area contributed by atoms with E-state index in [0.29, 0.717) is 37.6 Å². The van der Waals surface area contributed by atoms with Crippen molar-refractivity contribution in [1.29, 1.82) is 0 Å². The molecule has 0 radical (unpaired) electrons. The number of hydrogen-bond donors (Lipinski definition) is 1. The summed E-state index contributed by atoms with van der Waals surface area (Å²) in [5, 5.41) is 5.99. The molecule has 1 aromatic carbocycles. The molecule has 0 aliphatic carbocycles. The van der Waals surface area contributed by atoms with E-state index in [4.69, 9.17) is 28.3 Å². The monoisotopic (exact) mass is 620 g/mol. The SMILES string of the molecule is CC(COCCCOc1nccc(-c2nn(C3CCCCO3)c3ccc(O[Si](C)(C)C(C)(C)C)cc23)n1)CS(=O)(=O)O. The summed E-state index contributed by atoms with van der Waals surface area (Å²) in [6.07, 6.45) is 5.12. The van der Waals surface area contributed by atoms with Crippen molar-refractivity contribution in [2.75, 3.05) is 32.2 Å². The van der Waals surface area contributed by atoms with Crippen LogP contribution in [0.5, 0.6) is 11.8 Å². The number of fused-ring (bicyclic) bond motifs is 1. The van der Waals surface area contributed by atoms with Crippen LogP contribution in [0, 0.1) is 5.92 Å². The molecule has 2 unspecified atom stereocenters. The molecule has 1 fully saturated rings. The summed E-state index contributed by atoms with van der Waals surface area (Å²) >= 11 is 0. The summed E-state index contributed by atoms with van der Waals surface area (Å²) in [6.45, 7) is 14.5. The zero-order chi connectivity index (χ0) is 30.5. The number of aromatic nitrogens is 4. The standard InChI is InChI=1S/C29H44N4O7SSi/c1-21(20-41(34,35)36)19-37-15-9-17-39-28-30-14-13-24(31-28)27-23-18-22(40-42(5,6)29(2,3)4)11-12-25(23)33(32-27)26-10-7-8-16-38-26/h11-14,18,21,26H,7-10,15-17,19-20H2,1-6H3,(H,34,35,36). The minimum absolute atomic E-state index is 0.0627. The lowest BCUT2D eigenvalue weighted by Gasteiger charge is -2.36. The molecule has 3 heterocycles. The van der Waals surface area contributed by atoms with Crippen LogP contribution >= 0.6 is 0 Å². The first kappa shape index (κ1) is 32.3. The van der Waals surface area contributed by atoms with Crippen LogP contribution in [0.3, 0.4) is 0 Å². The Hall–Kier alpha value is -2.58. The number of rotatable bonds is 13. The van der Waals surface area contributed by atoms with Gasteiger partial charge < -0.3 is 18.6 Å². The summed E-state index contributed by atoms with van der Waals surface area (Å²) < 4.78 is 56.9. The Balaban J connectivity index is 1.51. The third-order valence-electron chi connectivity index (χ3n) is 7.72. The number of benzene rings is 1. The molecular formula is C29H44N4O7SSi. The van der Waals surface area contributed by atoms with Crippen LogP contribution in [0.2, 0.25) is 18.1 Å². The van der Waals surface area contributed by atoms with Crippen LogP contribution in [0.1, 0.15) is 59.6 Å². The number of hydrogen-bond acceptors (Lipinski definition) is 9. The number of nitrogens with zero attached hydrogens (tertiary/aromatic N) is 4. The van der Waals surface area contributed by atoms with E-state index in [1.165, 1.54) is 0 Å². The first-order chi connectivity index (χ1) is 19.7. The molecule has 4 rings (SSSR count). The Morgan fingerprint density at radius 2 is 1.98 bits per heavy atom. The first-order valence-electron chi connectivity index (χ1n) is 14.6. The van der Waals surface area contributed by atoms with Gasteiger partial charge in [-0.05, 0) is 67.6 Å². The van der Waals surface area contributed by atoms with E-state index in [-0.39, 0.29) is 35.6 Å². The van der Waals surface area contributed by atoms with E-state index >= 15 is 0 Å². The molecule has 2 atom stereocenters. The molecule has 11 nitrogen and oxygen atoms in total. The van der Waals surface area contributed by atoms with Crippen LogP contribution in [-0.2, 0) is 19.6 Å². The summed E-state index contributed by atoms with van der Waals surface area (Å²) in [5.41, 5.74) is 2.31. The van der Waals surface area contributed by atoms with Gasteiger partial charge >= 0.3 is 6.01 Å². The Morgan fingerprint density at radius 3 is 2.67 bits per heavy atom. The maximum atomic E-state index is 11.0.